The number of nitrogens with zero attached hydrogens (tertiary/aromatic N) is 2. The Bertz CT molecular complexity index is 859. The van der Waals surface area contributed by atoms with Gasteiger partial charge in [0.05, 0.1) is 0 Å². The van der Waals surface area contributed by atoms with E-state index < -0.39 is 0 Å². The molecule has 3 rings (SSSR count). The third-order valence-corrected chi connectivity index (χ3v) is 3.96. The van der Waals surface area contributed by atoms with Crippen LogP contribution in [-0.2, 0) is 13.2 Å². The zero-order valence-corrected chi connectivity index (χ0v) is 14.9. The number of aromatic nitrogens is 3. The number of aromatic amines is 1. The lowest BCUT2D eigenvalue weighted by atomic mass is 10.1. The quantitative estimate of drug-likeness (QED) is 0.684. The second-order valence-corrected chi connectivity index (χ2v) is 6.29. The molecule has 2 N–H and O–H groups in total. The first-order valence-electron chi connectivity index (χ1n) is 8.57. The van der Waals surface area contributed by atoms with Gasteiger partial charge in [-0.15, -0.1) is 0 Å². The minimum Gasteiger partial charge on any atom is -0.473 e. The number of H-pyrrole nitrogens is 1. The molecule has 0 unspecified atom stereocenters. The van der Waals surface area contributed by atoms with Crippen molar-refractivity contribution < 1.29 is 9.53 Å². The van der Waals surface area contributed by atoms with Crippen molar-refractivity contribution in [2.45, 2.75) is 32.9 Å². The maximum atomic E-state index is 12.3. The van der Waals surface area contributed by atoms with Gasteiger partial charge in [-0.1, -0.05) is 50.2 Å². The Hall–Kier alpha value is -3.15. The molecule has 1 aromatic carbocycles. The molecule has 0 radical (unpaired) electrons. The number of benzene rings is 1. The summed E-state index contributed by atoms with van der Waals surface area (Å²) in [5.74, 6) is 0.577. The fourth-order valence-electron chi connectivity index (χ4n) is 2.43. The van der Waals surface area contributed by atoms with E-state index in [4.69, 9.17) is 4.74 Å². The first kappa shape index (κ1) is 17.7. The van der Waals surface area contributed by atoms with Crippen molar-refractivity contribution in [1.29, 1.82) is 0 Å². The third-order valence-electron chi connectivity index (χ3n) is 3.96. The largest absolute Gasteiger partial charge is 0.473 e. The van der Waals surface area contributed by atoms with E-state index in [2.05, 4.69) is 20.5 Å². The predicted octanol–water partition coefficient (Wildman–Crippen LogP) is 3.44. The van der Waals surface area contributed by atoms with Crippen LogP contribution in [0, 0.1) is 0 Å². The van der Waals surface area contributed by atoms with Gasteiger partial charge < -0.3 is 10.1 Å². The molecule has 0 aliphatic rings. The molecular formula is C20H22N4O2. The number of carbonyl (C=O) groups excluding carboxylic acids is 1. The molecule has 1 amide bonds. The zero-order chi connectivity index (χ0) is 18.4. The van der Waals surface area contributed by atoms with Crippen LogP contribution in [0.25, 0.3) is 0 Å². The van der Waals surface area contributed by atoms with E-state index in [0.717, 1.165) is 16.8 Å². The minimum atomic E-state index is -0.231. The number of hydrogen-bond donors (Lipinski definition) is 2. The third kappa shape index (κ3) is 4.47. The lowest BCUT2D eigenvalue weighted by Gasteiger charge is -2.10. The molecule has 6 heteroatoms. The van der Waals surface area contributed by atoms with Gasteiger partial charge in [-0.2, -0.15) is 5.10 Å². The Morgan fingerprint density at radius 3 is 2.73 bits per heavy atom. The first-order valence-corrected chi connectivity index (χ1v) is 8.57. The van der Waals surface area contributed by atoms with Crippen molar-refractivity contribution in [2.75, 3.05) is 0 Å². The second-order valence-electron chi connectivity index (χ2n) is 6.29. The van der Waals surface area contributed by atoms with E-state index in [9.17, 15) is 4.79 Å². The van der Waals surface area contributed by atoms with Gasteiger partial charge in [0.25, 0.3) is 5.91 Å². The van der Waals surface area contributed by atoms with Crippen LogP contribution in [0.5, 0.6) is 5.88 Å². The Morgan fingerprint density at radius 2 is 2.00 bits per heavy atom. The minimum absolute atomic E-state index is 0.231. The smallest absolute Gasteiger partial charge is 0.272 e. The normalized spacial score (nSPS) is 10.7. The number of hydrogen-bond acceptors (Lipinski definition) is 4. The lowest BCUT2D eigenvalue weighted by molar-refractivity contribution is 0.0945. The highest BCUT2D eigenvalue weighted by atomic mass is 16.5. The van der Waals surface area contributed by atoms with Crippen LogP contribution in [0.4, 0.5) is 0 Å². The number of amides is 1. The molecule has 26 heavy (non-hydrogen) atoms. The molecule has 2 heterocycles. The summed E-state index contributed by atoms with van der Waals surface area (Å²) in [7, 11) is 0. The van der Waals surface area contributed by atoms with Crippen LogP contribution in [-0.4, -0.2) is 21.1 Å². The Morgan fingerprint density at radius 1 is 1.19 bits per heavy atom. The van der Waals surface area contributed by atoms with Crippen LogP contribution >= 0.6 is 0 Å². The highest BCUT2D eigenvalue weighted by molar-refractivity contribution is 5.92. The van der Waals surface area contributed by atoms with Crippen molar-refractivity contribution in [2.24, 2.45) is 0 Å². The molecule has 6 nitrogen and oxygen atoms in total. The van der Waals surface area contributed by atoms with Gasteiger partial charge in [-0.25, -0.2) is 4.98 Å². The monoisotopic (exact) mass is 350 g/mol. The van der Waals surface area contributed by atoms with Crippen LogP contribution in [0.3, 0.4) is 0 Å². The maximum absolute atomic E-state index is 12.3. The summed E-state index contributed by atoms with van der Waals surface area (Å²) in [5, 5.41) is 9.82. The van der Waals surface area contributed by atoms with Crippen LogP contribution in [0.2, 0.25) is 0 Å². The molecule has 3 aromatic rings. The number of pyridine rings is 1. The molecule has 0 fully saturated rings. The SMILES string of the molecule is CC(C)c1cc(C(=O)NCc2cccnc2OCc2ccccc2)n[nH]1. The van der Waals surface area contributed by atoms with Crippen molar-refractivity contribution >= 4 is 5.91 Å². The van der Waals surface area contributed by atoms with Crippen LogP contribution in [0.1, 0.15) is 47.1 Å². The molecule has 134 valence electrons. The van der Waals surface area contributed by atoms with Gasteiger partial charge in [0.1, 0.15) is 12.3 Å². The Kier molecular flexibility index (Phi) is 5.63. The second kappa shape index (κ2) is 8.29. The van der Waals surface area contributed by atoms with Gasteiger partial charge in [0, 0.05) is 24.0 Å². The summed E-state index contributed by atoms with van der Waals surface area (Å²) in [5.41, 5.74) is 3.19. The average Bonchev–Trinajstić information content (AvgIpc) is 3.16. The highest BCUT2D eigenvalue weighted by Crippen LogP contribution is 2.16. The molecule has 0 saturated carbocycles. The van der Waals surface area contributed by atoms with E-state index in [1.807, 2.05) is 56.3 Å². The van der Waals surface area contributed by atoms with E-state index >= 15 is 0 Å². The van der Waals surface area contributed by atoms with Gasteiger partial charge in [-0.05, 0) is 23.6 Å². The van der Waals surface area contributed by atoms with Gasteiger partial charge >= 0.3 is 0 Å². The molecule has 0 saturated heterocycles. The van der Waals surface area contributed by atoms with E-state index in [1.165, 1.54) is 0 Å². The van der Waals surface area contributed by atoms with Crippen molar-refractivity contribution in [3.05, 3.63) is 77.2 Å². The van der Waals surface area contributed by atoms with Gasteiger partial charge in [0.15, 0.2) is 0 Å². The zero-order valence-electron chi connectivity index (χ0n) is 14.9. The number of rotatable bonds is 7. The van der Waals surface area contributed by atoms with Crippen molar-refractivity contribution in [1.82, 2.24) is 20.5 Å². The van der Waals surface area contributed by atoms with Gasteiger partial charge in [0.2, 0.25) is 5.88 Å². The van der Waals surface area contributed by atoms with E-state index in [1.54, 1.807) is 12.3 Å². The topological polar surface area (TPSA) is 79.9 Å². The van der Waals surface area contributed by atoms with Gasteiger partial charge in [-0.3, -0.25) is 9.89 Å². The van der Waals surface area contributed by atoms with Crippen LogP contribution < -0.4 is 10.1 Å². The van der Waals surface area contributed by atoms with Crippen LogP contribution in [0.15, 0.2) is 54.7 Å². The summed E-state index contributed by atoms with van der Waals surface area (Å²) in [6.45, 7) is 4.83. The summed E-state index contributed by atoms with van der Waals surface area (Å²) in [6, 6.07) is 15.4. The number of carbonyl (C=O) groups is 1. The van der Waals surface area contributed by atoms with Crippen molar-refractivity contribution in [3.63, 3.8) is 0 Å². The summed E-state index contributed by atoms with van der Waals surface area (Å²) < 4.78 is 5.81. The highest BCUT2D eigenvalue weighted by Gasteiger charge is 2.13. The summed E-state index contributed by atoms with van der Waals surface area (Å²) in [6.07, 6.45) is 1.67. The average molecular weight is 350 g/mol. The summed E-state index contributed by atoms with van der Waals surface area (Å²) in [4.78, 5) is 16.6. The van der Waals surface area contributed by atoms with E-state index in [-0.39, 0.29) is 5.91 Å². The summed E-state index contributed by atoms with van der Waals surface area (Å²) >= 11 is 0. The standard InChI is InChI=1S/C20H22N4O2/c1-14(2)17-11-18(24-23-17)19(25)22-12-16-9-6-10-21-20(16)26-13-15-7-4-3-5-8-15/h3-11,14H,12-13H2,1-2H3,(H,22,25)(H,23,24). The number of ether oxygens (including phenoxy) is 1. The molecule has 2 aromatic heterocycles. The molecule has 0 aliphatic heterocycles. The van der Waals surface area contributed by atoms with Crippen molar-refractivity contribution in [3.8, 4) is 5.88 Å². The first-order chi connectivity index (χ1) is 12.6. The fourth-order valence-corrected chi connectivity index (χ4v) is 2.43. The lowest BCUT2D eigenvalue weighted by Crippen LogP contribution is -2.23. The molecule has 0 atom stereocenters. The number of nitrogens with one attached hydrogen (secondary N) is 2. The predicted molar refractivity (Wildman–Crippen MR) is 98.9 cm³/mol. The maximum Gasteiger partial charge on any atom is 0.272 e. The fraction of sp³-hybridized carbons (Fsp3) is 0.250. The molecule has 0 bridgehead atoms. The molecular weight excluding hydrogens is 328 g/mol. The Balaban J connectivity index is 1.61. The molecule has 0 aliphatic carbocycles. The Labute approximate surface area is 152 Å². The van der Waals surface area contributed by atoms with E-state index in [0.29, 0.717) is 30.6 Å². The molecule has 0 spiro atoms.